The van der Waals surface area contributed by atoms with Crippen molar-refractivity contribution in [1.82, 2.24) is 10.3 Å². The molecular formula is C21H21FN2O. The van der Waals surface area contributed by atoms with Gasteiger partial charge in [0.2, 0.25) is 0 Å². The number of carbonyl (C=O) groups is 1. The van der Waals surface area contributed by atoms with E-state index >= 15 is 0 Å². The molecule has 1 aliphatic rings. The van der Waals surface area contributed by atoms with Crippen LogP contribution >= 0.6 is 0 Å². The second-order valence-electron chi connectivity index (χ2n) is 6.68. The lowest BCUT2D eigenvalue weighted by atomic mass is 9.95. The normalized spacial score (nSPS) is 13.6. The fourth-order valence-electron chi connectivity index (χ4n) is 3.62. The molecule has 4 heteroatoms. The maximum Gasteiger partial charge on any atom is 0.251 e. The molecular weight excluding hydrogens is 315 g/mol. The number of benzene rings is 2. The number of amides is 1. The Kier molecular flexibility index (Phi) is 4.26. The van der Waals surface area contributed by atoms with Gasteiger partial charge in [-0.3, -0.25) is 4.79 Å². The number of hydrogen-bond acceptors (Lipinski definition) is 1. The minimum Gasteiger partial charge on any atom is -0.358 e. The van der Waals surface area contributed by atoms with E-state index in [2.05, 4.69) is 10.3 Å². The minimum atomic E-state index is -0.240. The van der Waals surface area contributed by atoms with Crippen LogP contribution in [0.4, 0.5) is 4.39 Å². The average Bonchev–Trinajstić information content (AvgIpc) is 3.01. The average molecular weight is 336 g/mol. The molecule has 0 saturated heterocycles. The molecule has 25 heavy (non-hydrogen) atoms. The Hall–Kier alpha value is -2.62. The van der Waals surface area contributed by atoms with Crippen LogP contribution in [0.1, 0.15) is 40.0 Å². The van der Waals surface area contributed by atoms with Crippen molar-refractivity contribution in [3.8, 4) is 0 Å². The molecule has 0 atom stereocenters. The highest BCUT2D eigenvalue weighted by atomic mass is 19.1. The van der Waals surface area contributed by atoms with Crippen molar-refractivity contribution in [1.29, 1.82) is 0 Å². The lowest BCUT2D eigenvalue weighted by Crippen LogP contribution is -2.25. The molecule has 2 N–H and O–H groups in total. The topological polar surface area (TPSA) is 44.9 Å². The van der Waals surface area contributed by atoms with Gasteiger partial charge in [0.05, 0.1) is 0 Å². The fourth-order valence-corrected chi connectivity index (χ4v) is 3.62. The van der Waals surface area contributed by atoms with Crippen LogP contribution in [0.5, 0.6) is 0 Å². The number of nitrogens with one attached hydrogen (secondary N) is 2. The summed E-state index contributed by atoms with van der Waals surface area (Å²) in [6.45, 7) is 0.535. The molecule has 1 aromatic heterocycles. The van der Waals surface area contributed by atoms with Crippen LogP contribution in [-0.2, 0) is 19.3 Å². The van der Waals surface area contributed by atoms with Crippen molar-refractivity contribution < 1.29 is 9.18 Å². The molecule has 0 aliphatic heterocycles. The van der Waals surface area contributed by atoms with Crippen molar-refractivity contribution in [3.05, 3.63) is 70.7 Å². The Morgan fingerprint density at radius 3 is 2.72 bits per heavy atom. The van der Waals surface area contributed by atoms with E-state index in [0.29, 0.717) is 18.5 Å². The quantitative estimate of drug-likeness (QED) is 0.738. The summed E-state index contributed by atoms with van der Waals surface area (Å²) in [7, 11) is 0. The molecule has 1 aliphatic carbocycles. The summed E-state index contributed by atoms with van der Waals surface area (Å²) in [5.41, 5.74) is 5.53. The van der Waals surface area contributed by atoms with Crippen molar-refractivity contribution in [3.63, 3.8) is 0 Å². The molecule has 1 heterocycles. The highest BCUT2D eigenvalue weighted by Crippen LogP contribution is 2.29. The summed E-state index contributed by atoms with van der Waals surface area (Å²) < 4.78 is 12.9. The number of aromatic nitrogens is 1. The van der Waals surface area contributed by atoms with Crippen LogP contribution in [0.15, 0.2) is 42.5 Å². The third-order valence-electron chi connectivity index (χ3n) is 4.97. The number of fused-ring (bicyclic) bond motifs is 3. The van der Waals surface area contributed by atoms with E-state index in [4.69, 9.17) is 0 Å². The third-order valence-corrected chi connectivity index (χ3v) is 4.97. The molecule has 3 aromatic rings. The number of rotatable bonds is 4. The van der Waals surface area contributed by atoms with Gasteiger partial charge in [-0.2, -0.15) is 0 Å². The van der Waals surface area contributed by atoms with Gasteiger partial charge in [0.15, 0.2) is 0 Å². The van der Waals surface area contributed by atoms with E-state index in [1.807, 2.05) is 18.2 Å². The highest BCUT2D eigenvalue weighted by Gasteiger charge is 2.16. The summed E-state index contributed by atoms with van der Waals surface area (Å²) in [5.74, 6) is -0.300. The lowest BCUT2D eigenvalue weighted by Gasteiger charge is -2.10. The Morgan fingerprint density at radius 1 is 1.08 bits per heavy atom. The van der Waals surface area contributed by atoms with Gasteiger partial charge in [0.1, 0.15) is 5.82 Å². The monoisotopic (exact) mass is 336 g/mol. The third kappa shape index (κ3) is 3.29. The van der Waals surface area contributed by atoms with Gasteiger partial charge < -0.3 is 10.3 Å². The van der Waals surface area contributed by atoms with Crippen LogP contribution in [-0.4, -0.2) is 17.4 Å². The second-order valence-corrected chi connectivity index (χ2v) is 6.68. The molecule has 3 nitrogen and oxygen atoms in total. The summed E-state index contributed by atoms with van der Waals surface area (Å²) in [5, 5.41) is 4.14. The van der Waals surface area contributed by atoms with Crippen molar-refractivity contribution in [2.75, 3.05) is 6.54 Å². The first kappa shape index (κ1) is 15.9. The number of halogens is 1. The molecule has 4 rings (SSSR count). The predicted molar refractivity (Wildman–Crippen MR) is 97.4 cm³/mol. The first-order valence-electron chi connectivity index (χ1n) is 8.87. The van der Waals surface area contributed by atoms with Gasteiger partial charge in [-0.15, -0.1) is 0 Å². The van der Waals surface area contributed by atoms with Crippen molar-refractivity contribution in [2.24, 2.45) is 0 Å². The highest BCUT2D eigenvalue weighted by molar-refractivity contribution is 5.99. The molecule has 0 saturated carbocycles. The van der Waals surface area contributed by atoms with Gasteiger partial charge in [-0.1, -0.05) is 12.1 Å². The van der Waals surface area contributed by atoms with Crippen molar-refractivity contribution >= 4 is 16.8 Å². The molecule has 0 radical (unpaired) electrons. The first-order valence-corrected chi connectivity index (χ1v) is 8.87. The van der Waals surface area contributed by atoms with Gasteiger partial charge in [0, 0.05) is 28.7 Å². The predicted octanol–water partition coefficient (Wildman–Crippen LogP) is 4.16. The lowest BCUT2D eigenvalue weighted by molar-refractivity contribution is 0.0954. The fraction of sp³-hybridized carbons (Fsp3) is 0.286. The zero-order chi connectivity index (χ0) is 17.2. The molecule has 0 fully saturated rings. The van der Waals surface area contributed by atoms with E-state index in [9.17, 15) is 9.18 Å². The number of H-pyrrole nitrogens is 1. The first-order chi connectivity index (χ1) is 12.2. The van der Waals surface area contributed by atoms with Crippen LogP contribution in [0.3, 0.4) is 0 Å². The Balaban J connectivity index is 1.45. The van der Waals surface area contributed by atoms with Gasteiger partial charge in [-0.25, -0.2) is 4.39 Å². The number of aromatic amines is 1. The number of carbonyl (C=O) groups excluding carboxylic acids is 1. The van der Waals surface area contributed by atoms with Gasteiger partial charge in [0.25, 0.3) is 5.91 Å². The second kappa shape index (κ2) is 6.71. The Bertz CT molecular complexity index is 912. The van der Waals surface area contributed by atoms with E-state index in [1.54, 1.807) is 12.1 Å². The maximum absolute atomic E-state index is 12.9. The summed E-state index contributed by atoms with van der Waals surface area (Å²) >= 11 is 0. The zero-order valence-corrected chi connectivity index (χ0v) is 14.1. The van der Waals surface area contributed by atoms with E-state index < -0.39 is 0 Å². The van der Waals surface area contributed by atoms with Crippen molar-refractivity contribution in [2.45, 2.75) is 32.1 Å². The Labute approximate surface area is 146 Å². The number of aryl methyl sites for hydroxylation is 2. The Morgan fingerprint density at radius 2 is 1.88 bits per heavy atom. The standard InChI is InChI=1S/C21H21FN2O/c22-16-8-5-14(6-9-16)11-12-23-21(25)15-7-10-20-18(13-15)17-3-1-2-4-19(17)24-20/h5-10,13,24H,1-4,11-12H2,(H,23,25). The molecule has 0 spiro atoms. The molecule has 128 valence electrons. The van der Waals surface area contributed by atoms with Gasteiger partial charge in [-0.05, 0) is 73.6 Å². The van der Waals surface area contributed by atoms with Crippen LogP contribution in [0, 0.1) is 5.82 Å². The molecule has 0 bridgehead atoms. The maximum atomic E-state index is 12.9. The summed E-state index contributed by atoms with van der Waals surface area (Å²) in [6, 6.07) is 12.3. The zero-order valence-electron chi connectivity index (χ0n) is 14.1. The minimum absolute atomic E-state index is 0.0604. The SMILES string of the molecule is O=C(NCCc1ccc(F)cc1)c1ccc2[nH]c3c(c2c1)CCCC3. The van der Waals surface area contributed by atoms with Gasteiger partial charge >= 0.3 is 0 Å². The van der Waals surface area contributed by atoms with E-state index in [-0.39, 0.29) is 11.7 Å². The molecule has 2 aromatic carbocycles. The van der Waals surface area contributed by atoms with Crippen LogP contribution < -0.4 is 5.32 Å². The van der Waals surface area contributed by atoms with Crippen LogP contribution in [0.2, 0.25) is 0 Å². The van der Waals surface area contributed by atoms with Crippen LogP contribution in [0.25, 0.3) is 10.9 Å². The molecule has 0 unspecified atom stereocenters. The summed E-state index contributed by atoms with van der Waals surface area (Å²) in [6.07, 6.45) is 5.33. The van der Waals surface area contributed by atoms with E-state index in [1.165, 1.54) is 41.6 Å². The number of hydrogen-bond donors (Lipinski definition) is 2. The summed E-state index contributed by atoms with van der Waals surface area (Å²) in [4.78, 5) is 15.9. The molecule has 1 amide bonds. The van der Waals surface area contributed by atoms with E-state index in [0.717, 1.165) is 23.9 Å². The smallest absolute Gasteiger partial charge is 0.251 e. The largest absolute Gasteiger partial charge is 0.358 e.